The molecule has 0 aliphatic heterocycles. The van der Waals surface area contributed by atoms with Gasteiger partial charge in [-0.2, -0.15) is 4.31 Å². The van der Waals surface area contributed by atoms with Gasteiger partial charge in [0.15, 0.2) is 0 Å². The number of hydrogen-bond acceptors (Lipinski definition) is 5. The fraction of sp³-hybridized carbons (Fsp3) is 0.636. The summed E-state index contributed by atoms with van der Waals surface area (Å²) in [4.78, 5) is 7.38. The van der Waals surface area contributed by atoms with Crippen molar-refractivity contribution in [2.75, 3.05) is 26.8 Å². The van der Waals surface area contributed by atoms with E-state index in [0.717, 1.165) is 6.61 Å². The lowest BCUT2D eigenvalue weighted by Crippen LogP contribution is -2.30. The summed E-state index contributed by atoms with van der Waals surface area (Å²) in [6, 6.07) is 0. The summed E-state index contributed by atoms with van der Waals surface area (Å²) < 4.78 is 30.9. The molecule has 19 heavy (non-hydrogen) atoms. The molecule has 0 amide bonds. The Labute approximate surface area is 117 Å². The highest BCUT2D eigenvalue weighted by Gasteiger charge is 2.23. The Morgan fingerprint density at radius 1 is 1.42 bits per heavy atom. The van der Waals surface area contributed by atoms with Crippen LogP contribution in [-0.4, -0.2) is 49.5 Å². The standard InChI is InChI=1S/C11H16ClN3O3S/c1-15(4-5-18-8-9-2-3-9)19(16,17)10-6-13-11(12)14-7-10/h6-7,9H,2-5,8H2,1H3. The molecule has 6 nitrogen and oxygen atoms in total. The van der Waals surface area contributed by atoms with Crippen LogP contribution in [0.1, 0.15) is 12.8 Å². The molecule has 1 aliphatic carbocycles. The molecule has 1 fully saturated rings. The van der Waals surface area contributed by atoms with Crippen molar-refractivity contribution >= 4 is 21.6 Å². The minimum absolute atomic E-state index is 0.0226. The fourth-order valence-corrected chi connectivity index (χ4v) is 2.61. The average Bonchev–Trinajstić information content (AvgIpc) is 3.19. The van der Waals surface area contributed by atoms with Crippen molar-refractivity contribution in [2.45, 2.75) is 17.7 Å². The lowest BCUT2D eigenvalue weighted by Gasteiger charge is -2.16. The van der Waals surface area contributed by atoms with Crippen LogP contribution in [-0.2, 0) is 14.8 Å². The normalized spacial score (nSPS) is 15.9. The number of ether oxygens (including phenoxy) is 1. The zero-order valence-electron chi connectivity index (χ0n) is 10.6. The first-order valence-corrected chi connectivity index (χ1v) is 7.83. The van der Waals surface area contributed by atoms with Gasteiger partial charge in [0.1, 0.15) is 4.90 Å². The van der Waals surface area contributed by atoms with Crippen molar-refractivity contribution in [2.24, 2.45) is 5.92 Å². The number of rotatable bonds is 7. The number of aromatic nitrogens is 2. The highest BCUT2D eigenvalue weighted by atomic mass is 35.5. The van der Waals surface area contributed by atoms with Crippen LogP contribution in [0.4, 0.5) is 0 Å². The third kappa shape index (κ3) is 4.10. The van der Waals surface area contributed by atoms with Gasteiger partial charge in [-0.3, -0.25) is 0 Å². The maximum absolute atomic E-state index is 12.1. The van der Waals surface area contributed by atoms with Crippen molar-refractivity contribution in [3.8, 4) is 0 Å². The molecule has 0 atom stereocenters. The second-order valence-electron chi connectivity index (χ2n) is 4.53. The van der Waals surface area contributed by atoms with Gasteiger partial charge in [-0.1, -0.05) is 0 Å². The van der Waals surface area contributed by atoms with Crippen molar-refractivity contribution < 1.29 is 13.2 Å². The van der Waals surface area contributed by atoms with Gasteiger partial charge in [-0.25, -0.2) is 18.4 Å². The van der Waals surface area contributed by atoms with E-state index in [-0.39, 0.29) is 10.2 Å². The molecule has 1 aromatic heterocycles. The molecule has 0 spiro atoms. The van der Waals surface area contributed by atoms with E-state index in [1.54, 1.807) is 0 Å². The van der Waals surface area contributed by atoms with Crippen molar-refractivity contribution in [1.29, 1.82) is 0 Å². The quantitative estimate of drug-likeness (QED) is 0.558. The van der Waals surface area contributed by atoms with Gasteiger partial charge in [-0.15, -0.1) is 0 Å². The third-order valence-electron chi connectivity index (χ3n) is 2.91. The molecular formula is C11H16ClN3O3S. The van der Waals surface area contributed by atoms with Gasteiger partial charge >= 0.3 is 0 Å². The summed E-state index contributed by atoms with van der Waals surface area (Å²) in [5.74, 6) is 0.673. The largest absolute Gasteiger partial charge is 0.380 e. The van der Waals surface area contributed by atoms with Crippen LogP contribution in [0.2, 0.25) is 5.28 Å². The van der Waals surface area contributed by atoms with E-state index in [0.29, 0.717) is 19.1 Å². The molecule has 2 rings (SSSR count). The van der Waals surface area contributed by atoms with Crippen molar-refractivity contribution in [3.63, 3.8) is 0 Å². The van der Waals surface area contributed by atoms with Crippen LogP contribution in [0, 0.1) is 5.92 Å². The summed E-state index contributed by atoms with van der Waals surface area (Å²) in [7, 11) is -2.07. The second kappa shape index (κ2) is 6.13. The summed E-state index contributed by atoms with van der Waals surface area (Å²) in [6.45, 7) is 1.41. The van der Waals surface area contributed by atoms with E-state index in [1.807, 2.05) is 0 Å². The van der Waals surface area contributed by atoms with Gasteiger partial charge in [-0.05, 0) is 30.4 Å². The maximum Gasteiger partial charge on any atom is 0.245 e. The SMILES string of the molecule is CN(CCOCC1CC1)S(=O)(=O)c1cnc(Cl)nc1. The Kier molecular flexibility index (Phi) is 4.72. The lowest BCUT2D eigenvalue weighted by molar-refractivity contribution is 0.117. The third-order valence-corrected chi connectivity index (χ3v) is 4.91. The van der Waals surface area contributed by atoms with Crippen LogP contribution in [0.25, 0.3) is 0 Å². The molecule has 106 valence electrons. The van der Waals surface area contributed by atoms with E-state index in [9.17, 15) is 8.42 Å². The van der Waals surface area contributed by atoms with Crippen LogP contribution in [0.15, 0.2) is 17.3 Å². The Morgan fingerprint density at radius 2 is 2.05 bits per heavy atom. The average molecular weight is 306 g/mol. The zero-order valence-corrected chi connectivity index (χ0v) is 12.2. The van der Waals surface area contributed by atoms with E-state index in [1.165, 1.54) is 36.6 Å². The summed E-state index contributed by atoms with van der Waals surface area (Å²) in [5.41, 5.74) is 0. The zero-order chi connectivity index (χ0) is 13.9. The molecule has 0 aromatic carbocycles. The van der Waals surface area contributed by atoms with E-state index < -0.39 is 10.0 Å². The molecule has 1 aromatic rings. The molecule has 1 heterocycles. The van der Waals surface area contributed by atoms with Crippen LogP contribution in [0.3, 0.4) is 0 Å². The van der Waals surface area contributed by atoms with Crippen LogP contribution < -0.4 is 0 Å². The first kappa shape index (κ1) is 14.6. The fourth-order valence-electron chi connectivity index (χ4n) is 1.46. The predicted octanol–water partition coefficient (Wildman–Crippen LogP) is 1.18. The molecule has 1 saturated carbocycles. The van der Waals surface area contributed by atoms with Gasteiger partial charge in [0.2, 0.25) is 15.3 Å². The molecule has 0 N–H and O–H groups in total. The second-order valence-corrected chi connectivity index (χ2v) is 6.92. The minimum atomic E-state index is -3.57. The highest BCUT2D eigenvalue weighted by molar-refractivity contribution is 7.89. The molecule has 0 radical (unpaired) electrons. The molecule has 1 aliphatic rings. The van der Waals surface area contributed by atoms with Gasteiger partial charge in [0, 0.05) is 20.2 Å². The summed E-state index contributed by atoms with van der Waals surface area (Å²) in [6.07, 6.45) is 4.84. The van der Waals surface area contributed by atoms with E-state index in [4.69, 9.17) is 16.3 Å². The Balaban J connectivity index is 1.88. The lowest BCUT2D eigenvalue weighted by atomic mass is 10.5. The minimum Gasteiger partial charge on any atom is -0.380 e. The van der Waals surface area contributed by atoms with Gasteiger partial charge in [0.25, 0.3) is 0 Å². The van der Waals surface area contributed by atoms with E-state index in [2.05, 4.69) is 9.97 Å². The van der Waals surface area contributed by atoms with Gasteiger partial charge in [0.05, 0.1) is 19.0 Å². The molecule has 0 unspecified atom stereocenters. The Hall–Kier alpha value is -0.760. The number of halogens is 1. The molecule has 0 bridgehead atoms. The molecule has 0 saturated heterocycles. The number of nitrogens with zero attached hydrogens (tertiary/aromatic N) is 3. The van der Waals surface area contributed by atoms with Crippen molar-refractivity contribution in [3.05, 3.63) is 17.7 Å². The smallest absolute Gasteiger partial charge is 0.245 e. The number of likely N-dealkylation sites (N-methyl/N-ethyl adjacent to an activating group) is 1. The van der Waals surface area contributed by atoms with Crippen LogP contribution >= 0.6 is 11.6 Å². The number of sulfonamides is 1. The van der Waals surface area contributed by atoms with Crippen molar-refractivity contribution in [1.82, 2.24) is 14.3 Å². The maximum atomic E-state index is 12.1. The molecule has 8 heteroatoms. The Bertz CT molecular complexity index is 516. The monoisotopic (exact) mass is 305 g/mol. The Morgan fingerprint density at radius 3 is 2.63 bits per heavy atom. The summed E-state index contributed by atoms with van der Waals surface area (Å²) in [5, 5.41) is 0.0226. The first-order chi connectivity index (χ1) is 9.00. The van der Waals surface area contributed by atoms with Gasteiger partial charge < -0.3 is 4.74 Å². The van der Waals surface area contributed by atoms with E-state index >= 15 is 0 Å². The highest BCUT2D eigenvalue weighted by Crippen LogP contribution is 2.28. The topological polar surface area (TPSA) is 72.4 Å². The van der Waals surface area contributed by atoms with Crippen LogP contribution in [0.5, 0.6) is 0 Å². The predicted molar refractivity (Wildman–Crippen MR) is 70.4 cm³/mol. The molecular weight excluding hydrogens is 290 g/mol. The summed E-state index contributed by atoms with van der Waals surface area (Å²) >= 11 is 5.53. The first-order valence-electron chi connectivity index (χ1n) is 6.02. The number of hydrogen-bond donors (Lipinski definition) is 0.